The number of rotatable bonds is 9. The molecule has 1 N–H and O–H groups in total. The lowest BCUT2D eigenvalue weighted by Crippen LogP contribution is -2.20. The van der Waals surface area contributed by atoms with E-state index >= 15 is 0 Å². The summed E-state index contributed by atoms with van der Waals surface area (Å²) in [5.74, 6) is 1.50. The van der Waals surface area contributed by atoms with Gasteiger partial charge in [0.1, 0.15) is 19.0 Å². The van der Waals surface area contributed by atoms with Crippen molar-refractivity contribution < 1.29 is 9.47 Å². The Morgan fingerprint density at radius 3 is 2.35 bits per heavy atom. The number of ether oxygens (including phenoxy) is 2. The molecule has 134 valence electrons. The maximum atomic E-state index is 5.88. The van der Waals surface area contributed by atoms with Gasteiger partial charge in [0.15, 0.2) is 0 Å². The second-order valence-electron chi connectivity index (χ2n) is 5.75. The Labute approximate surface area is 158 Å². The number of benzene rings is 2. The van der Waals surface area contributed by atoms with Crippen LogP contribution in [0, 0.1) is 0 Å². The van der Waals surface area contributed by atoms with Gasteiger partial charge in [-0.3, -0.25) is 0 Å². The topological polar surface area (TPSA) is 43.4 Å². The number of nitrogens with zero attached hydrogens (tertiary/aromatic N) is 1. The maximum absolute atomic E-state index is 5.88. The van der Waals surface area contributed by atoms with Gasteiger partial charge in [0.25, 0.3) is 0 Å². The van der Waals surface area contributed by atoms with Crippen LogP contribution in [0.4, 0.5) is 0 Å². The summed E-state index contributed by atoms with van der Waals surface area (Å²) in [7, 11) is 0. The van der Waals surface area contributed by atoms with Crippen molar-refractivity contribution in [2.75, 3.05) is 13.2 Å². The van der Waals surface area contributed by atoms with Gasteiger partial charge >= 0.3 is 0 Å². The molecular weight excluding hydrogens is 348 g/mol. The van der Waals surface area contributed by atoms with Crippen LogP contribution in [0.2, 0.25) is 5.02 Å². The number of hydrogen-bond acceptors (Lipinski definition) is 4. The minimum atomic E-state index is 0.527. The van der Waals surface area contributed by atoms with E-state index in [1.165, 1.54) is 5.56 Å². The lowest BCUT2D eigenvalue weighted by atomic mass is 10.2. The van der Waals surface area contributed by atoms with E-state index in [2.05, 4.69) is 22.4 Å². The third-order valence-electron chi connectivity index (χ3n) is 3.74. The maximum Gasteiger partial charge on any atom is 0.213 e. The highest BCUT2D eigenvalue weighted by atomic mass is 35.5. The third-order valence-corrected chi connectivity index (χ3v) is 3.99. The third kappa shape index (κ3) is 6.06. The van der Waals surface area contributed by atoms with Crippen LogP contribution in [0.15, 0.2) is 72.9 Å². The largest absolute Gasteiger partial charge is 0.489 e. The van der Waals surface area contributed by atoms with Crippen LogP contribution in [0.3, 0.4) is 0 Å². The standard InChI is InChI=1S/C21H21ClN2O2/c22-19-8-4-18(5-9-19)16-26-20-10-6-17(7-11-20)15-23-13-14-25-21-3-1-2-12-24-21/h1-12,23H,13-16H2. The van der Waals surface area contributed by atoms with Crippen molar-refractivity contribution in [2.24, 2.45) is 0 Å². The molecule has 1 heterocycles. The summed E-state index contributed by atoms with van der Waals surface area (Å²) >= 11 is 5.88. The van der Waals surface area contributed by atoms with Gasteiger partial charge in [0.2, 0.25) is 5.88 Å². The van der Waals surface area contributed by atoms with Crippen molar-refractivity contribution in [1.29, 1.82) is 0 Å². The highest BCUT2D eigenvalue weighted by molar-refractivity contribution is 6.30. The van der Waals surface area contributed by atoms with E-state index in [4.69, 9.17) is 21.1 Å². The molecule has 3 rings (SSSR count). The number of hydrogen-bond donors (Lipinski definition) is 1. The molecule has 0 radical (unpaired) electrons. The minimum Gasteiger partial charge on any atom is -0.489 e. The first-order chi connectivity index (χ1) is 12.8. The average molecular weight is 369 g/mol. The van der Waals surface area contributed by atoms with Gasteiger partial charge in [-0.25, -0.2) is 4.98 Å². The molecule has 5 heteroatoms. The van der Waals surface area contributed by atoms with Crippen molar-refractivity contribution in [3.8, 4) is 11.6 Å². The molecule has 2 aromatic carbocycles. The molecule has 26 heavy (non-hydrogen) atoms. The summed E-state index contributed by atoms with van der Waals surface area (Å²) in [5, 5.41) is 4.08. The molecule has 0 amide bonds. The average Bonchev–Trinajstić information content (AvgIpc) is 2.69. The van der Waals surface area contributed by atoms with Crippen LogP contribution >= 0.6 is 11.6 Å². The van der Waals surface area contributed by atoms with Crippen LogP contribution in [-0.2, 0) is 13.2 Å². The summed E-state index contributed by atoms with van der Waals surface area (Å²) in [6.45, 7) is 2.65. The summed E-state index contributed by atoms with van der Waals surface area (Å²) in [6.07, 6.45) is 1.72. The van der Waals surface area contributed by atoms with Gasteiger partial charge in [0, 0.05) is 30.4 Å². The summed E-state index contributed by atoms with van der Waals surface area (Å²) in [6, 6.07) is 21.4. The van der Waals surface area contributed by atoms with E-state index in [0.717, 1.165) is 29.4 Å². The molecule has 0 spiro atoms. The molecule has 4 nitrogen and oxygen atoms in total. The molecule has 0 atom stereocenters. The fraction of sp³-hybridized carbons (Fsp3) is 0.190. The van der Waals surface area contributed by atoms with Gasteiger partial charge in [-0.1, -0.05) is 41.9 Å². The van der Waals surface area contributed by atoms with Crippen LogP contribution in [0.1, 0.15) is 11.1 Å². The summed E-state index contributed by atoms with van der Waals surface area (Å²) in [4.78, 5) is 4.12. The first kappa shape index (κ1) is 18.2. The molecule has 0 unspecified atom stereocenters. The predicted molar refractivity (Wildman–Crippen MR) is 104 cm³/mol. The van der Waals surface area contributed by atoms with Crippen molar-refractivity contribution in [1.82, 2.24) is 10.3 Å². The molecule has 1 aromatic heterocycles. The molecule has 0 saturated heterocycles. The van der Waals surface area contributed by atoms with Gasteiger partial charge in [0.05, 0.1) is 0 Å². The fourth-order valence-corrected chi connectivity index (χ4v) is 2.47. The first-order valence-electron chi connectivity index (χ1n) is 8.50. The highest BCUT2D eigenvalue weighted by Gasteiger charge is 1.99. The predicted octanol–water partition coefficient (Wildman–Crippen LogP) is 4.48. The number of halogens is 1. The quantitative estimate of drug-likeness (QED) is 0.565. The Bertz CT molecular complexity index is 777. The highest BCUT2D eigenvalue weighted by Crippen LogP contribution is 2.15. The first-order valence-corrected chi connectivity index (χ1v) is 8.88. The zero-order chi connectivity index (χ0) is 18.0. The Hall–Kier alpha value is -2.56. The Morgan fingerprint density at radius 1 is 0.846 bits per heavy atom. The molecule has 0 aliphatic carbocycles. The minimum absolute atomic E-state index is 0.527. The molecule has 0 saturated carbocycles. The van der Waals surface area contributed by atoms with Gasteiger partial charge in [-0.05, 0) is 41.5 Å². The van der Waals surface area contributed by atoms with Crippen LogP contribution in [0.25, 0.3) is 0 Å². The fourth-order valence-electron chi connectivity index (χ4n) is 2.34. The van der Waals surface area contributed by atoms with Crippen molar-refractivity contribution in [2.45, 2.75) is 13.2 Å². The zero-order valence-corrected chi connectivity index (χ0v) is 15.2. The van der Waals surface area contributed by atoms with Crippen LogP contribution in [0.5, 0.6) is 11.6 Å². The summed E-state index contributed by atoms with van der Waals surface area (Å²) < 4.78 is 11.3. The molecular formula is C21H21ClN2O2. The normalized spacial score (nSPS) is 10.5. The summed E-state index contributed by atoms with van der Waals surface area (Å²) in [5.41, 5.74) is 2.29. The number of pyridine rings is 1. The SMILES string of the molecule is Clc1ccc(COc2ccc(CNCCOc3ccccn3)cc2)cc1. The van der Waals surface area contributed by atoms with E-state index in [1.54, 1.807) is 6.20 Å². The second kappa shape index (κ2) is 9.80. The lowest BCUT2D eigenvalue weighted by molar-refractivity contribution is 0.301. The Kier molecular flexibility index (Phi) is 6.88. The second-order valence-corrected chi connectivity index (χ2v) is 6.19. The lowest BCUT2D eigenvalue weighted by Gasteiger charge is -2.09. The van der Waals surface area contributed by atoms with Crippen molar-refractivity contribution >= 4 is 11.6 Å². The zero-order valence-electron chi connectivity index (χ0n) is 14.4. The van der Waals surface area contributed by atoms with Crippen molar-refractivity contribution in [3.05, 3.63) is 89.1 Å². The van der Waals surface area contributed by atoms with E-state index in [9.17, 15) is 0 Å². The molecule has 0 fully saturated rings. The monoisotopic (exact) mass is 368 g/mol. The Balaban J connectivity index is 1.35. The molecule has 3 aromatic rings. The van der Waals surface area contributed by atoms with E-state index in [-0.39, 0.29) is 0 Å². The van der Waals surface area contributed by atoms with Gasteiger partial charge in [-0.15, -0.1) is 0 Å². The van der Waals surface area contributed by atoms with E-state index in [0.29, 0.717) is 19.1 Å². The molecule has 0 bridgehead atoms. The molecule has 0 aliphatic rings. The number of aromatic nitrogens is 1. The number of nitrogens with one attached hydrogen (secondary N) is 1. The van der Waals surface area contributed by atoms with Crippen LogP contribution in [-0.4, -0.2) is 18.1 Å². The van der Waals surface area contributed by atoms with Crippen LogP contribution < -0.4 is 14.8 Å². The van der Waals surface area contributed by atoms with Crippen molar-refractivity contribution in [3.63, 3.8) is 0 Å². The van der Waals surface area contributed by atoms with E-state index < -0.39 is 0 Å². The molecule has 0 aliphatic heterocycles. The van der Waals surface area contributed by atoms with Gasteiger partial charge < -0.3 is 14.8 Å². The Morgan fingerprint density at radius 2 is 1.62 bits per heavy atom. The van der Waals surface area contributed by atoms with Gasteiger partial charge in [-0.2, -0.15) is 0 Å². The smallest absolute Gasteiger partial charge is 0.213 e. The van der Waals surface area contributed by atoms with E-state index in [1.807, 2.05) is 54.6 Å².